The number of carbonyl (C=O) groups is 1. The van der Waals surface area contributed by atoms with Crippen molar-refractivity contribution in [1.29, 1.82) is 0 Å². The molecule has 0 unspecified atom stereocenters. The Bertz CT molecular complexity index is 543. The first kappa shape index (κ1) is 13.3. The second-order valence-corrected chi connectivity index (χ2v) is 6.64. The van der Waals surface area contributed by atoms with Gasteiger partial charge in [-0.05, 0) is 32.8 Å². The standard InChI is InChI=1S/C16H20O4/c1-15(2)8-11-4-3-5-12(14(11)20-15)19-10-16(6-7-16)9-13(17)18/h3-5H,6-10H2,1-2H3,(H,17,18). The van der Waals surface area contributed by atoms with Crippen molar-refractivity contribution in [2.45, 2.75) is 45.1 Å². The number of hydrogen-bond donors (Lipinski definition) is 1. The van der Waals surface area contributed by atoms with Crippen LogP contribution in [0.15, 0.2) is 18.2 Å². The summed E-state index contributed by atoms with van der Waals surface area (Å²) >= 11 is 0. The number of aliphatic carboxylic acids is 1. The smallest absolute Gasteiger partial charge is 0.304 e. The van der Waals surface area contributed by atoms with Gasteiger partial charge >= 0.3 is 5.97 Å². The van der Waals surface area contributed by atoms with Crippen LogP contribution in [0.4, 0.5) is 0 Å². The molecule has 0 aromatic heterocycles. The molecule has 2 aliphatic rings. The average Bonchev–Trinajstić information content (AvgIpc) is 3.00. The summed E-state index contributed by atoms with van der Waals surface area (Å²) in [6, 6.07) is 5.92. The summed E-state index contributed by atoms with van der Waals surface area (Å²) in [7, 11) is 0. The topological polar surface area (TPSA) is 55.8 Å². The summed E-state index contributed by atoms with van der Waals surface area (Å²) in [5.74, 6) is 0.815. The number of fused-ring (bicyclic) bond motifs is 1. The maximum absolute atomic E-state index is 10.9. The van der Waals surface area contributed by atoms with Gasteiger partial charge < -0.3 is 14.6 Å². The summed E-state index contributed by atoms with van der Waals surface area (Å²) in [5.41, 5.74) is 0.804. The van der Waals surface area contributed by atoms with Crippen molar-refractivity contribution in [3.8, 4) is 11.5 Å². The molecular weight excluding hydrogens is 256 g/mol. The molecule has 0 atom stereocenters. The van der Waals surface area contributed by atoms with E-state index >= 15 is 0 Å². The number of ether oxygens (including phenoxy) is 2. The minimum atomic E-state index is -0.748. The predicted octanol–water partition coefficient (Wildman–Crippen LogP) is 3.03. The molecular formula is C16H20O4. The molecule has 1 aromatic rings. The van der Waals surface area contributed by atoms with Crippen molar-refractivity contribution in [1.82, 2.24) is 0 Å². The van der Waals surface area contributed by atoms with Gasteiger partial charge in [0.2, 0.25) is 0 Å². The van der Waals surface area contributed by atoms with Crippen LogP contribution in [0.3, 0.4) is 0 Å². The number of carboxylic acid groups (broad SMARTS) is 1. The summed E-state index contributed by atoms with van der Waals surface area (Å²) in [4.78, 5) is 10.9. The van der Waals surface area contributed by atoms with Gasteiger partial charge in [0.15, 0.2) is 11.5 Å². The molecule has 0 saturated heterocycles. The average molecular weight is 276 g/mol. The highest BCUT2D eigenvalue weighted by Crippen LogP contribution is 2.50. The number of para-hydroxylation sites is 1. The summed E-state index contributed by atoms with van der Waals surface area (Å²) in [6.07, 6.45) is 2.93. The van der Waals surface area contributed by atoms with Gasteiger partial charge in [0.05, 0.1) is 13.0 Å². The van der Waals surface area contributed by atoms with E-state index in [4.69, 9.17) is 14.6 Å². The van der Waals surface area contributed by atoms with Gasteiger partial charge in [-0.2, -0.15) is 0 Å². The molecule has 1 heterocycles. The fourth-order valence-electron chi connectivity index (χ4n) is 2.80. The summed E-state index contributed by atoms with van der Waals surface area (Å²) in [5, 5.41) is 8.93. The van der Waals surface area contributed by atoms with Crippen LogP contribution in [0.2, 0.25) is 0 Å². The maximum Gasteiger partial charge on any atom is 0.304 e. The van der Waals surface area contributed by atoms with Crippen LogP contribution in [-0.4, -0.2) is 23.3 Å². The van der Waals surface area contributed by atoms with Crippen molar-refractivity contribution >= 4 is 5.97 Å². The molecule has 0 amide bonds. The zero-order valence-corrected chi connectivity index (χ0v) is 11.9. The Balaban J connectivity index is 1.71. The van der Waals surface area contributed by atoms with Crippen LogP contribution in [0.25, 0.3) is 0 Å². The first-order chi connectivity index (χ1) is 9.39. The van der Waals surface area contributed by atoms with Crippen molar-refractivity contribution in [2.24, 2.45) is 5.41 Å². The van der Waals surface area contributed by atoms with Crippen molar-refractivity contribution in [3.63, 3.8) is 0 Å². The van der Waals surface area contributed by atoms with Gasteiger partial charge in [0.25, 0.3) is 0 Å². The molecule has 0 bridgehead atoms. The van der Waals surface area contributed by atoms with Crippen LogP contribution < -0.4 is 9.47 Å². The van der Waals surface area contributed by atoms with Gasteiger partial charge in [0, 0.05) is 17.4 Å². The van der Waals surface area contributed by atoms with E-state index in [0.717, 1.165) is 36.3 Å². The van der Waals surface area contributed by atoms with E-state index < -0.39 is 5.97 Å². The highest BCUT2D eigenvalue weighted by atomic mass is 16.5. The Kier molecular flexibility index (Phi) is 2.92. The largest absolute Gasteiger partial charge is 0.489 e. The fraction of sp³-hybridized carbons (Fsp3) is 0.562. The molecule has 1 aromatic carbocycles. The molecule has 0 spiro atoms. The normalized spacial score (nSPS) is 20.9. The third-order valence-corrected chi connectivity index (χ3v) is 4.07. The maximum atomic E-state index is 10.9. The van der Waals surface area contributed by atoms with Gasteiger partial charge in [-0.1, -0.05) is 12.1 Å². The van der Waals surface area contributed by atoms with E-state index in [2.05, 4.69) is 19.9 Å². The SMILES string of the molecule is CC1(C)Cc2cccc(OCC3(CC(=O)O)CC3)c2O1. The third-order valence-electron chi connectivity index (χ3n) is 4.07. The van der Waals surface area contributed by atoms with E-state index in [-0.39, 0.29) is 17.4 Å². The van der Waals surface area contributed by atoms with E-state index in [1.807, 2.05) is 12.1 Å². The van der Waals surface area contributed by atoms with Gasteiger partial charge in [-0.25, -0.2) is 0 Å². The van der Waals surface area contributed by atoms with Gasteiger partial charge in [-0.15, -0.1) is 0 Å². The lowest BCUT2D eigenvalue weighted by Gasteiger charge is -2.19. The third kappa shape index (κ3) is 2.60. The minimum absolute atomic E-state index is 0.164. The Labute approximate surface area is 118 Å². The van der Waals surface area contributed by atoms with Gasteiger partial charge in [-0.3, -0.25) is 4.79 Å². The molecule has 20 heavy (non-hydrogen) atoms. The predicted molar refractivity (Wildman–Crippen MR) is 74.3 cm³/mol. The van der Waals surface area contributed by atoms with Crippen LogP contribution >= 0.6 is 0 Å². The van der Waals surface area contributed by atoms with E-state index in [0.29, 0.717) is 6.61 Å². The lowest BCUT2D eigenvalue weighted by molar-refractivity contribution is -0.138. The Hall–Kier alpha value is -1.71. The molecule has 1 saturated carbocycles. The van der Waals surface area contributed by atoms with Crippen LogP contribution in [0, 0.1) is 5.41 Å². The van der Waals surface area contributed by atoms with E-state index in [1.54, 1.807) is 0 Å². The quantitative estimate of drug-likeness (QED) is 0.898. The first-order valence-electron chi connectivity index (χ1n) is 7.05. The Morgan fingerprint density at radius 3 is 2.80 bits per heavy atom. The molecule has 1 aliphatic carbocycles. The van der Waals surface area contributed by atoms with Crippen molar-refractivity contribution < 1.29 is 19.4 Å². The first-order valence-corrected chi connectivity index (χ1v) is 7.05. The minimum Gasteiger partial charge on any atom is -0.489 e. The number of benzene rings is 1. The molecule has 1 N–H and O–H groups in total. The molecule has 1 fully saturated rings. The monoisotopic (exact) mass is 276 g/mol. The van der Waals surface area contributed by atoms with Crippen LogP contribution in [-0.2, 0) is 11.2 Å². The Morgan fingerprint density at radius 1 is 1.40 bits per heavy atom. The zero-order chi connectivity index (χ0) is 14.4. The molecule has 108 valence electrons. The number of carboxylic acids is 1. The summed E-state index contributed by atoms with van der Waals surface area (Å²) < 4.78 is 11.8. The Morgan fingerprint density at radius 2 is 2.15 bits per heavy atom. The molecule has 4 heteroatoms. The van der Waals surface area contributed by atoms with Crippen LogP contribution in [0.1, 0.15) is 38.7 Å². The van der Waals surface area contributed by atoms with E-state index in [1.165, 1.54) is 0 Å². The molecule has 1 aliphatic heterocycles. The molecule has 4 nitrogen and oxygen atoms in total. The molecule has 3 rings (SSSR count). The number of rotatable bonds is 5. The van der Waals surface area contributed by atoms with Gasteiger partial charge in [0.1, 0.15) is 5.60 Å². The molecule has 0 radical (unpaired) electrons. The lowest BCUT2D eigenvalue weighted by atomic mass is 10.0. The van der Waals surface area contributed by atoms with Crippen LogP contribution in [0.5, 0.6) is 11.5 Å². The van der Waals surface area contributed by atoms with Crippen molar-refractivity contribution in [2.75, 3.05) is 6.61 Å². The summed E-state index contributed by atoms with van der Waals surface area (Å²) in [6.45, 7) is 4.58. The lowest BCUT2D eigenvalue weighted by Crippen LogP contribution is -2.25. The highest BCUT2D eigenvalue weighted by molar-refractivity contribution is 5.68. The second-order valence-electron chi connectivity index (χ2n) is 6.64. The van der Waals surface area contributed by atoms with Crippen molar-refractivity contribution in [3.05, 3.63) is 23.8 Å². The fourth-order valence-corrected chi connectivity index (χ4v) is 2.80. The highest BCUT2D eigenvalue weighted by Gasteiger charge is 2.45. The van der Waals surface area contributed by atoms with E-state index in [9.17, 15) is 4.79 Å². The second kappa shape index (κ2) is 4.40. The number of hydrogen-bond acceptors (Lipinski definition) is 3. The zero-order valence-electron chi connectivity index (χ0n) is 11.9.